The number of nitrogens with zero attached hydrogens (tertiary/aromatic N) is 1. The number of rotatable bonds is 7. The van der Waals surface area contributed by atoms with Crippen LogP contribution in [-0.4, -0.2) is 23.3 Å². The van der Waals surface area contributed by atoms with Crippen LogP contribution in [0.3, 0.4) is 0 Å². The fraction of sp³-hybridized carbons (Fsp3) is 0.818. The topological polar surface area (TPSA) is 49.7 Å². The Balaban J connectivity index is 4.00. The normalized spacial score (nSPS) is 14.1. The third-order valence-electron chi connectivity index (χ3n) is 2.33. The monoisotopic (exact) mass is 199 g/mol. The van der Waals surface area contributed by atoms with Crippen molar-refractivity contribution in [3.8, 4) is 0 Å². The van der Waals surface area contributed by atoms with Crippen molar-refractivity contribution >= 4 is 11.7 Å². The Bertz CT molecular complexity index is 199. The Morgan fingerprint density at radius 1 is 1.36 bits per heavy atom. The van der Waals surface area contributed by atoms with Gasteiger partial charge in [-0.05, 0) is 19.8 Å². The van der Waals surface area contributed by atoms with Crippen LogP contribution in [0.25, 0.3) is 0 Å². The molecule has 0 heterocycles. The Hall–Kier alpha value is -0.860. The first-order chi connectivity index (χ1) is 6.63. The first kappa shape index (κ1) is 13.1. The maximum absolute atomic E-state index is 10.8. The number of carboxylic acids is 1. The van der Waals surface area contributed by atoms with Crippen molar-refractivity contribution in [1.82, 2.24) is 0 Å². The van der Waals surface area contributed by atoms with Gasteiger partial charge in [0.05, 0.1) is 5.92 Å². The van der Waals surface area contributed by atoms with E-state index < -0.39 is 11.9 Å². The molecule has 0 bridgehead atoms. The van der Waals surface area contributed by atoms with Gasteiger partial charge in [-0.2, -0.15) is 0 Å². The minimum Gasteiger partial charge on any atom is -0.481 e. The van der Waals surface area contributed by atoms with Crippen molar-refractivity contribution in [2.45, 2.75) is 46.5 Å². The zero-order valence-corrected chi connectivity index (χ0v) is 9.42. The van der Waals surface area contributed by atoms with Crippen LogP contribution in [0.5, 0.6) is 0 Å². The average molecular weight is 199 g/mol. The van der Waals surface area contributed by atoms with Crippen molar-refractivity contribution in [3.05, 3.63) is 0 Å². The molecule has 1 N–H and O–H groups in total. The number of carboxylic acid groups (broad SMARTS) is 1. The van der Waals surface area contributed by atoms with E-state index in [1.165, 1.54) is 12.8 Å². The molecule has 0 aromatic heterocycles. The largest absolute Gasteiger partial charge is 0.481 e. The van der Waals surface area contributed by atoms with Crippen LogP contribution in [0.4, 0.5) is 0 Å². The quantitative estimate of drug-likeness (QED) is 0.506. The SMILES string of the molecule is CCCCCN=C(C)C(CC)C(=O)O. The lowest BCUT2D eigenvalue weighted by Crippen LogP contribution is -2.21. The molecule has 3 heteroatoms. The average Bonchev–Trinajstić information content (AvgIpc) is 2.13. The summed E-state index contributed by atoms with van der Waals surface area (Å²) in [6.07, 6.45) is 4.02. The predicted molar refractivity (Wildman–Crippen MR) is 58.9 cm³/mol. The minimum absolute atomic E-state index is 0.392. The van der Waals surface area contributed by atoms with Crippen LogP contribution in [0.1, 0.15) is 46.5 Å². The molecule has 0 amide bonds. The molecule has 1 atom stereocenters. The van der Waals surface area contributed by atoms with E-state index in [4.69, 9.17) is 5.11 Å². The van der Waals surface area contributed by atoms with Crippen LogP contribution >= 0.6 is 0 Å². The lowest BCUT2D eigenvalue weighted by molar-refractivity contribution is -0.139. The van der Waals surface area contributed by atoms with E-state index in [1.54, 1.807) is 0 Å². The molecular weight excluding hydrogens is 178 g/mol. The molecule has 3 nitrogen and oxygen atoms in total. The van der Waals surface area contributed by atoms with Gasteiger partial charge in [0.25, 0.3) is 0 Å². The summed E-state index contributed by atoms with van der Waals surface area (Å²) in [7, 11) is 0. The Kier molecular flexibility index (Phi) is 7.07. The fourth-order valence-corrected chi connectivity index (χ4v) is 1.38. The molecule has 82 valence electrons. The molecule has 0 aliphatic rings. The van der Waals surface area contributed by atoms with Gasteiger partial charge in [0.2, 0.25) is 0 Å². The van der Waals surface area contributed by atoms with E-state index >= 15 is 0 Å². The summed E-state index contributed by atoms with van der Waals surface area (Å²) in [5.41, 5.74) is 0.760. The highest BCUT2D eigenvalue weighted by Gasteiger charge is 2.17. The lowest BCUT2D eigenvalue weighted by atomic mass is 10.0. The van der Waals surface area contributed by atoms with E-state index in [1.807, 2.05) is 13.8 Å². The number of carbonyl (C=O) groups is 1. The molecule has 0 aliphatic carbocycles. The molecule has 0 rings (SSSR count). The summed E-state index contributed by atoms with van der Waals surface area (Å²) in [5.74, 6) is -1.15. The summed E-state index contributed by atoms with van der Waals surface area (Å²) in [6.45, 7) is 6.60. The van der Waals surface area contributed by atoms with Crippen molar-refractivity contribution in [3.63, 3.8) is 0 Å². The van der Waals surface area contributed by atoms with Crippen molar-refractivity contribution in [2.75, 3.05) is 6.54 Å². The second-order valence-electron chi connectivity index (χ2n) is 3.53. The number of aliphatic carboxylic acids is 1. The van der Waals surface area contributed by atoms with E-state index in [0.717, 1.165) is 18.7 Å². The molecule has 0 saturated heterocycles. The van der Waals surface area contributed by atoms with Gasteiger partial charge < -0.3 is 5.11 Å². The van der Waals surface area contributed by atoms with E-state index in [0.29, 0.717) is 6.42 Å². The zero-order valence-electron chi connectivity index (χ0n) is 9.42. The Morgan fingerprint density at radius 3 is 2.43 bits per heavy atom. The van der Waals surface area contributed by atoms with Crippen LogP contribution in [0.15, 0.2) is 4.99 Å². The molecule has 0 aliphatic heterocycles. The van der Waals surface area contributed by atoms with Crippen LogP contribution in [-0.2, 0) is 4.79 Å². The predicted octanol–water partition coefficient (Wildman–Crippen LogP) is 2.75. The van der Waals surface area contributed by atoms with E-state index in [-0.39, 0.29) is 0 Å². The summed E-state index contributed by atoms with van der Waals surface area (Å²) in [4.78, 5) is 15.1. The molecular formula is C11H21NO2. The van der Waals surface area contributed by atoms with Crippen LogP contribution in [0, 0.1) is 5.92 Å². The summed E-state index contributed by atoms with van der Waals surface area (Å²) in [5, 5.41) is 8.87. The van der Waals surface area contributed by atoms with Gasteiger partial charge in [0.15, 0.2) is 0 Å². The second-order valence-corrected chi connectivity index (χ2v) is 3.53. The van der Waals surface area contributed by atoms with Gasteiger partial charge in [0.1, 0.15) is 0 Å². The molecule has 14 heavy (non-hydrogen) atoms. The van der Waals surface area contributed by atoms with Crippen molar-refractivity contribution < 1.29 is 9.90 Å². The highest BCUT2D eigenvalue weighted by atomic mass is 16.4. The molecule has 0 saturated carbocycles. The van der Waals surface area contributed by atoms with E-state index in [9.17, 15) is 4.79 Å². The van der Waals surface area contributed by atoms with Crippen LogP contribution < -0.4 is 0 Å². The van der Waals surface area contributed by atoms with Crippen molar-refractivity contribution in [2.24, 2.45) is 10.9 Å². The van der Waals surface area contributed by atoms with Gasteiger partial charge in [-0.3, -0.25) is 9.79 Å². The first-order valence-corrected chi connectivity index (χ1v) is 5.37. The third-order valence-corrected chi connectivity index (χ3v) is 2.33. The highest BCUT2D eigenvalue weighted by Crippen LogP contribution is 2.06. The van der Waals surface area contributed by atoms with Gasteiger partial charge in [-0.25, -0.2) is 0 Å². The number of unbranched alkanes of at least 4 members (excludes halogenated alkanes) is 2. The number of hydrogen-bond acceptors (Lipinski definition) is 2. The zero-order chi connectivity index (χ0) is 11.0. The maximum atomic E-state index is 10.8. The highest BCUT2D eigenvalue weighted by molar-refractivity contribution is 6.00. The molecule has 0 spiro atoms. The van der Waals surface area contributed by atoms with Gasteiger partial charge in [0, 0.05) is 12.3 Å². The standard InChI is InChI=1S/C11H21NO2/c1-4-6-7-8-12-9(3)10(5-2)11(13)14/h10H,4-8H2,1-3H3,(H,13,14). The van der Waals surface area contributed by atoms with Crippen LogP contribution in [0.2, 0.25) is 0 Å². The van der Waals surface area contributed by atoms with E-state index in [2.05, 4.69) is 11.9 Å². The summed E-state index contributed by atoms with van der Waals surface area (Å²) >= 11 is 0. The molecule has 0 aromatic rings. The first-order valence-electron chi connectivity index (χ1n) is 5.37. The van der Waals surface area contributed by atoms with Gasteiger partial charge in [-0.15, -0.1) is 0 Å². The summed E-state index contributed by atoms with van der Waals surface area (Å²) < 4.78 is 0. The number of aliphatic imine (C=N–C) groups is 1. The molecule has 0 aromatic carbocycles. The number of hydrogen-bond donors (Lipinski definition) is 1. The minimum atomic E-state index is -0.760. The Morgan fingerprint density at radius 2 is 2.00 bits per heavy atom. The maximum Gasteiger partial charge on any atom is 0.312 e. The lowest BCUT2D eigenvalue weighted by Gasteiger charge is -2.08. The third kappa shape index (κ3) is 5.00. The summed E-state index contributed by atoms with van der Waals surface area (Å²) in [6, 6.07) is 0. The molecule has 0 fully saturated rings. The van der Waals surface area contributed by atoms with Gasteiger partial charge >= 0.3 is 5.97 Å². The fourth-order valence-electron chi connectivity index (χ4n) is 1.38. The van der Waals surface area contributed by atoms with Gasteiger partial charge in [-0.1, -0.05) is 26.7 Å². The smallest absolute Gasteiger partial charge is 0.312 e. The molecule has 1 unspecified atom stereocenters. The van der Waals surface area contributed by atoms with Crippen molar-refractivity contribution in [1.29, 1.82) is 0 Å². The Labute approximate surface area is 86.2 Å². The second kappa shape index (κ2) is 7.54. The molecule has 0 radical (unpaired) electrons.